The summed E-state index contributed by atoms with van der Waals surface area (Å²) in [5, 5.41) is 0.463. The highest BCUT2D eigenvalue weighted by Gasteiger charge is 2.15. The van der Waals surface area contributed by atoms with Crippen LogP contribution in [0.15, 0.2) is 18.3 Å². The molecule has 0 aromatic carbocycles. The Labute approximate surface area is 89.3 Å². The number of hydrogen-bond donors (Lipinski definition) is 0. The fourth-order valence-corrected chi connectivity index (χ4v) is 2.04. The van der Waals surface area contributed by atoms with Gasteiger partial charge in [0.1, 0.15) is 0 Å². The van der Waals surface area contributed by atoms with Crippen LogP contribution in [0.3, 0.4) is 0 Å². The van der Waals surface area contributed by atoms with E-state index < -0.39 is 0 Å². The predicted octanol–water partition coefficient (Wildman–Crippen LogP) is 3.30. The Morgan fingerprint density at radius 1 is 1.43 bits per heavy atom. The molecule has 0 spiro atoms. The monoisotopic (exact) mass is 211 g/mol. The molecule has 1 heterocycles. The van der Waals surface area contributed by atoms with Gasteiger partial charge in [-0.2, -0.15) is 0 Å². The molecule has 0 aliphatic heterocycles. The number of aromatic nitrogens is 1. The van der Waals surface area contributed by atoms with Crippen LogP contribution in [-0.2, 0) is 0 Å². The molecule has 0 radical (unpaired) electrons. The first kappa shape index (κ1) is 9.78. The van der Waals surface area contributed by atoms with Crippen molar-refractivity contribution in [1.29, 1.82) is 0 Å². The number of hydrogen-bond acceptors (Lipinski definition) is 2. The van der Waals surface area contributed by atoms with E-state index in [-0.39, 0.29) is 0 Å². The van der Waals surface area contributed by atoms with Gasteiger partial charge >= 0.3 is 0 Å². The Balaban J connectivity index is 1.88. The Morgan fingerprint density at radius 2 is 2.21 bits per heavy atom. The first-order chi connectivity index (χ1) is 6.86. The Morgan fingerprint density at radius 3 is 2.93 bits per heavy atom. The van der Waals surface area contributed by atoms with Crippen LogP contribution in [-0.4, -0.2) is 11.6 Å². The lowest BCUT2D eigenvalue weighted by atomic mass is 10.1. The van der Waals surface area contributed by atoms with Crippen LogP contribution in [0.25, 0.3) is 0 Å². The molecule has 1 aromatic rings. The summed E-state index contributed by atoms with van der Waals surface area (Å²) in [6.07, 6.45) is 6.93. The van der Waals surface area contributed by atoms with E-state index in [2.05, 4.69) is 4.98 Å². The van der Waals surface area contributed by atoms with Gasteiger partial charge in [-0.1, -0.05) is 24.4 Å². The summed E-state index contributed by atoms with van der Waals surface area (Å²) in [6, 6.07) is 3.71. The van der Waals surface area contributed by atoms with E-state index in [0.717, 1.165) is 6.61 Å². The molecule has 2 rings (SSSR count). The highest BCUT2D eigenvalue weighted by molar-refractivity contribution is 6.30. The number of rotatable bonds is 3. The summed E-state index contributed by atoms with van der Waals surface area (Å²) >= 11 is 5.87. The van der Waals surface area contributed by atoms with Crippen LogP contribution < -0.4 is 4.74 Å². The molecule has 1 saturated carbocycles. The third-order valence-electron chi connectivity index (χ3n) is 2.67. The van der Waals surface area contributed by atoms with E-state index in [4.69, 9.17) is 16.3 Å². The van der Waals surface area contributed by atoms with Crippen molar-refractivity contribution in [3.8, 4) is 5.75 Å². The van der Waals surface area contributed by atoms with Crippen molar-refractivity contribution in [2.75, 3.05) is 6.61 Å². The molecule has 2 nitrogen and oxygen atoms in total. The zero-order valence-electron chi connectivity index (χ0n) is 8.08. The van der Waals surface area contributed by atoms with Gasteiger partial charge in [-0.25, -0.2) is 4.98 Å². The molecule has 1 aromatic heterocycles. The molecular weight excluding hydrogens is 198 g/mol. The number of pyridine rings is 1. The van der Waals surface area contributed by atoms with Gasteiger partial charge in [-0.05, 0) is 30.9 Å². The average Bonchev–Trinajstić information content (AvgIpc) is 2.69. The quantitative estimate of drug-likeness (QED) is 0.716. The molecule has 0 amide bonds. The van der Waals surface area contributed by atoms with Gasteiger partial charge in [0.15, 0.2) is 10.9 Å². The number of ether oxygens (including phenoxy) is 1. The second-order valence-electron chi connectivity index (χ2n) is 3.75. The molecular formula is C11H14ClNO. The van der Waals surface area contributed by atoms with Gasteiger partial charge in [-0.15, -0.1) is 0 Å². The van der Waals surface area contributed by atoms with Gasteiger partial charge < -0.3 is 4.74 Å². The van der Waals surface area contributed by atoms with Crippen LogP contribution in [0.5, 0.6) is 5.75 Å². The summed E-state index contributed by atoms with van der Waals surface area (Å²) in [7, 11) is 0. The molecule has 1 aliphatic rings. The Bertz CT molecular complexity index is 297. The highest BCUT2D eigenvalue weighted by atomic mass is 35.5. The second-order valence-corrected chi connectivity index (χ2v) is 4.11. The van der Waals surface area contributed by atoms with Crippen molar-refractivity contribution in [2.24, 2.45) is 5.92 Å². The van der Waals surface area contributed by atoms with Crippen molar-refractivity contribution in [3.63, 3.8) is 0 Å². The fourth-order valence-electron chi connectivity index (χ4n) is 1.86. The third kappa shape index (κ3) is 2.38. The second kappa shape index (κ2) is 4.65. The van der Waals surface area contributed by atoms with E-state index in [1.54, 1.807) is 6.20 Å². The molecule has 0 saturated heterocycles. The maximum atomic E-state index is 5.87. The third-order valence-corrected chi connectivity index (χ3v) is 2.96. The minimum absolute atomic E-state index is 0.463. The van der Waals surface area contributed by atoms with Crippen molar-refractivity contribution in [1.82, 2.24) is 4.98 Å². The van der Waals surface area contributed by atoms with Gasteiger partial charge in [0.25, 0.3) is 0 Å². The van der Waals surface area contributed by atoms with Crippen molar-refractivity contribution < 1.29 is 4.74 Å². The van der Waals surface area contributed by atoms with Crippen LogP contribution in [0.4, 0.5) is 0 Å². The summed E-state index contributed by atoms with van der Waals surface area (Å²) in [5.41, 5.74) is 0. The molecule has 3 heteroatoms. The lowest BCUT2D eigenvalue weighted by molar-refractivity contribution is 0.251. The first-order valence-electron chi connectivity index (χ1n) is 5.09. The average molecular weight is 212 g/mol. The minimum Gasteiger partial charge on any atom is -0.490 e. The van der Waals surface area contributed by atoms with E-state index in [9.17, 15) is 0 Å². The standard InChI is InChI=1S/C11H14ClNO/c12-11-10(6-3-7-13-11)14-8-9-4-1-2-5-9/h3,6-7,9H,1-2,4-5,8H2. The van der Waals surface area contributed by atoms with Crippen molar-refractivity contribution in [2.45, 2.75) is 25.7 Å². The minimum atomic E-state index is 0.463. The summed E-state index contributed by atoms with van der Waals surface area (Å²) in [5.74, 6) is 1.42. The molecule has 0 atom stereocenters. The lowest BCUT2D eigenvalue weighted by Crippen LogP contribution is -2.08. The molecule has 76 valence electrons. The van der Waals surface area contributed by atoms with E-state index in [1.165, 1.54) is 25.7 Å². The maximum Gasteiger partial charge on any atom is 0.171 e. The molecule has 0 unspecified atom stereocenters. The molecule has 0 bridgehead atoms. The van der Waals surface area contributed by atoms with Gasteiger partial charge in [-0.3, -0.25) is 0 Å². The van der Waals surface area contributed by atoms with Gasteiger partial charge in [0.05, 0.1) is 6.61 Å². The smallest absolute Gasteiger partial charge is 0.171 e. The van der Waals surface area contributed by atoms with Crippen molar-refractivity contribution in [3.05, 3.63) is 23.5 Å². The Hall–Kier alpha value is -0.760. The summed E-state index contributed by atoms with van der Waals surface area (Å²) in [6.45, 7) is 0.783. The van der Waals surface area contributed by atoms with Crippen LogP contribution in [0.1, 0.15) is 25.7 Å². The lowest BCUT2D eigenvalue weighted by Gasteiger charge is -2.11. The van der Waals surface area contributed by atoms with E-state index >= 15 is 0 Å². The SMILES string of the molecule is Clc1ncccc1OCC1CCCC1. The molecule has 14 heavy (non-hydrogen) atoms. The Kier molecular flexibility index (Phi) is 3.25. The molecule has 1 fully saturated rings. The molecule has 0 N–H and O–H groups in total. The van der Waals surface area contributed by atoms with E-state index in [1.807, 2.05) is 12.1 Å². The summed E-state index contributed by atoms with van der Waals surface area (Å²) < 4.78 is 5.63. The number of nitrogens with zero attached hydrogens (tertiary/aromatic N) is 1. The highest BCUT2D eigenvalue weighted by Crippen LogP contribution is 2.27. The van der Waals surface area contributed by atoms with Crippen LogP contribution >= 0.6 is 11.6 Å². The zero-order valence-corrected chi connectivity index (χ0v) is 8.83. The van der Waals surface area contributed by atoms with Crippen molar-refractivity contribution >= 4 is 11.6 Å². The fraction of sp³-hybridized carbons (Fsp3) is 0.545. The topological polar surface area (TPSA) is 22.1 Å². The maximum absolute atomic E-state index is 5.87. The normalized spacial score (nSPS) is 17.2. The van der Waals surface area contributed by atoms with Crippen LogP contribution in [0, 0.1) is 5.92 Å². The number of halogens is 1. The molecule has 1 aliphatic carbocycles. The zero-order chi connectivity index (χ0) is 9.80. The van der Waals surface area contributed by atoms with Crippen LogP contribution in [0.2, 0.25) is 5.15 Å². The van der Waals surface area contributed by atoms with Gasteiger partial charge in [0, 0.05) is 6.20 Å². The summed E-state index contributed by atoms with van der Waals surface area (Å²) in [4.78, 5) is 3.96. The van der Waals surface area contributed by atoms with E-state index in [0.29, 0.717) is 16.8 Å². The van der Waals surface area contributed by atoms with Gasteiger partial charge in [0.2, 0.25) is 0 Å². The largest absolute Gasteiger partial charge is 0.490 e. The predicted molar refractivity (Wildman–Crippen MR) is 56.7 cm³/mol. The first-order valence-corrected chi connectivity index (χ1v) is 5.47.